The molecule has 0 aliphatic rings. The van der Waals surface area contributed by atoms with E-state index in [1.54, 1.807) is 0 Å². The summed E-state index contributed by atoms with van der Waals surface area (Å²) in [6.07, 6.45) is -4.82. The third-order valence-corrected chi connectivity index (χ3v) is 2.26. The highest BCUT2D eigenvalue weighted by atomic mass is 79.9. The van der Waals surface area contributed by atoms with Crippen molar-refractivity contribution in [1.82, 2.24) is 0 Å². The lowest BCUT2D eigenvalue weighted by Crippen LogP contribution is -2.21. The maximum Gasteiger partial charge on any atom is 0.573 e. The molecule has 1 atom stereocenters. The van der Waals surface area contributed by atoms with Gasteiger partial charge < -0.3 is 10.5 Å². The van der Waals surface area contributed by atoms with Crippen molar-refractivity contribution in [2.75, 3.05) is 6.67 Å². The molecule has 0 heterocycles. The molecule has 0 unspecified atom stereocenters. The largest absolute Gasteiger partial charge is 0.573 e. The fourth-order valence-corrected chi connectivity index (χ4v) is 1.49. The van der Waals surface area contributed by atoms with Crippen LogP contribution in [0.4, 0.5) is 17.6 Å². The Balaban J connectivity index is 0.00000256. The van der Waals surface area contributed by atoms with Crippen LogP contribution in [-0.2, 0) is 0 Å². The van der Waals surface area contributed by atoms with Crippen LogP contribution >= 0.6 is 28.3 Å². The summed E-state index contributed by atoms with van der Waals surface area (Å²) in [5.41, 5.74) is 5.31. The second-order valence-electron chi connectivity index (χ2n) is 2.99. The van der Waals surface area contributed by atoms with Crippen molar-refractivity contribution in [1.29, 1.82) is 0 Å². The standard InChI is InChI=1S/C9H8BrF4NO.ClH/c10-5-1-2-8(16-9(12,13)14)6(3-5)7(15)4-11;/h1-3,7H,4,15H2;1H/t7-;/m1./s1. The molecule has 17 heavy (non-hydrogen) atoms. The number of rotatable bonds is 3. The van der Waals surface area contributed by atoms with E-state index in [1.807, 2.05) is 0 Å². The van der Waals surface area contributed by atoms with Gasteiger partial charge in [0.25, 0.3) is 0 Å². The molecule has 98 valence electrons. The zero-order chi connectivity index (χ0) is 12.3. The minimum absolute atomic E-state index is 0. The Labute approximate surface area is 110 Å². The highest BCUT2D eigenvalue weighted by molar-refractivity contribution is 9.10. The van der Waals surface area contributed by atoms with Gasteiger partial charge in [0.15, 0.2) is 0 Å². The molecule has 1 aromatic carbocycles. The number of hydrogen-bond acceptors (Lipinski definition) is 2. The SMILES string of the molecule is Cl.N[C@H](CF)c1cc(Br)ccc1OC(F)(F)F. The fraction of sp³-hybridized carbons (Fsp3) is 0.333. The van der Waals surface area contributed by atoms with Crippen LogP contribution in [0.15, 0.2) is 22.7 Å². The summed E-state index contributed by atoms with van der Waals surface area (Å²) in [6.45, 7) is -0.968. The van der Waals surface area contributed by atoms with Gasteiger partial charge in [0.1, 0.15) is 12.4 Å². The van der Waals surface area contributed by atoms with Gasteiger partial charge in [-0.15, -0.1) is 25.6 Å². The Morgan fingerprint density at radius 2 is 1.94 bits per heavy atom. The average Bonchev–Trinajstić information content (AvgIpc) is 2.17. The van der Waals surface area contributed by atoms with E-state index in [1.165, 1.54) is 12.1 Å². The summed E-state index contributed by atoms with van der Waals surface area (Å²) in [6, 6.07) is 2.60. The Bertz CT molecular complexity index is 375. The third kappa shape index (κ3) is 5.10. The molecular formula is C9H9BrClF4NO. The van der Waals surface area contributed by atoms with Gasteiger partial charge in [0, 0.05) is 10.0 Å². The lowest BCUT2D eigenvalue weighted by molar-refractivity contribution is -0.275. The van der Waals surface area contributed by atoms with E-state index in [4.69, 9.17) is 5.73 Å². The van der Waals surface area contributed by atoms with Crippen molar-refractivity contribution in [2.45, 2.75) is 12.4 Å². The first-order valence-corrected chi connectivity index (χ1v) is 4.99. The average molecular weight is 339 g/mol. The zero-order valence-corrected chi connectivity index (χ0v) is 10.7. The van der Waals surface area contributed by atoms with E-state index in [-0.39, 0.29) is 18.0 Å². The van der Waals surface area contributed by atoms with Crippen molar-refractivity contribution in [3.05, 3.63) is 28.2 Å². The molecule has 0 saturated carbocycles. The van der Waals surface area contributed by atoms with Crippen LogP contribution < -0.4 is 10.5 Å². The smallest absolute Gasteiger partial charge is 0.405 e. The maximum absolute atomic E-state index is 12.3. The quantitative estimate of drug-likeness (QED) is 0.852. The molecule has 1 aromatic rings. The van der Waals surface area contributed by atoms with Crippen LogP contribution in [-0.4, -0.2) is 13.0 Å². The van der Waals surface area contributed by atoms with Crippen LogP contribution in [0.5, 0.6) is 5.75 Å². The fourth-order valence-electron chi connectivity index (χ4n) is 1.11. The molecule has 0 amide bonds. The van der Waals surface area contributed by atoms with Crippen LogP contribution in [0.2, 0.25) is 0 Å². The number of benzene rings is 1. The van der Waals surface area contributed by atoms with Crippen LogP contribution in [0.1, 0.15) is 11.6 Å². The van der Waals surface area contributed by atoms with Gasteiger partial charge >= 0.3 is 6.36 Å². The summed E-state index contributed by atoms with van der Waals surface area (Å²) in [7, 11) is 0. The first kappa shape index (κ1) is 16.5. The molecule has 0 aromatic heterocycles. The highest BCUT2D eigenvalue weighted by Gasteiger charge is 2.32. The van der Waals surface area contributed by atoms with Crippen molar-refractivity contribution >= 4 is 28.3 Å². The second-order valence-corrected chi connectivity index (χ2v) is 3.91. The van der Waals surface area contributed by atoms with Crippen molar-refractivity contribution in [3.8, 4) is 5.75 Å². The van der Waals surface area contributed by atoms with E-state index in [2.05, 4.69) is 20.7 Å². The van der Waals surface area contributed by atoms with Gasteiger partial charge in [-0.3, -0.25) is 0 Å². The first-order valence-electron chi connectivity index (χ1n) is 4.20. The van der Waals surface area contributed by atoms with Crippen LogP contribution in [0.25, 0.3) is 0 Å². The molecule has 1 rings (SSSR count). The molecule has 0 spiro atoms. The van der Waals surface area contributed by atoms with Crippen molar-refractivity contribution in [2.24, 2.45) is 5.73 Å². The molecule has 0 bridgehead atoms. The van der Waals surface area contributed by atoms with E-state index >= 15 is 0 Å². The van der Waals surface area contributed by atoms with Crippen LogP contribution in [0, 0.1) is 0 Å². The Morgan fingerprint density at radius 3 is 2.41 bits per heavy atom. The third-order valence-electron chi connectivity index (χ3n) is 1.76. The molecule has 0 radical (unpaired) electrons. The Morgan fingerprint density at radius 1 is 1.35 bits per heavy atom. The summed E-state index contributed by atoms with van der Waals surface area (Å²) in [5, 5.41) is 0. The minimum Gasteiger partial charge on any atom is -0.405 e. The molecule has 2 N–H and O–H groups in total. The Kier molecular flexibility index (Phi) is 6.22. The number of alkyl halides is 4. The maximum atomic E-state index is 12.3. The molecule has 0 fully saturated rings. The predicted molar refractivity (Wildman–Crippen MR) is 61.0 cm³/mol. The van der Waals surface area contributed by atoms with E-state index in [0.717, 1.165) is 6.07 Å². The molecule has 0 aliphatic carbocycles. The molecule has 8 heteroatoms. The van der Waals surface area contributed by atoms with Gasteiger partial charge in [0.05, 0.1) is 6.04 Å². The number of nitrogens with two attached hydrogens (primary N) is 1. The summed E-state index contributed by atoms with van der Waals surface area (Å²) in [4.78, 5) is 0. The predicted octanol–water partition coefficient (Wildman–Crippen LogP) is 3.74. The lowest BCUT2D eigenvalue weighted by atomic mass is 10.1. The molecular weight excluding hydrogens is 329 g/mol. The van der Waals surface area contributed by atoms with E-state index in [0.29, 0.717) is 4.47 Å². The van der Waals surface area contributed by atoms with Gasteiger partial charge in [-0.25, -0.2) is 4.39 Å². The van der Waals surface area contributed by atoms with Gasteiger partial charge in [0.2, 0.25) is 0 Å². The monoisotopic (exact) mass is 337 g/mol. The van der Waals surface area contributed by atoms with Crippen molar-refractivity contribution in [3.63, 3.8) is 0 Å². The molecule has 2 nitrogen and oxygen atoms in total. The first-order chi connectivity index (χ1) is 7.33. The summed E-state index contributed by atoms with van der Waals surface area (Å²) >= 11 is 3.06. The topological polar surface area (TPSA) is 35.2 Å². The normalized spacial score (nSPS) is 12.8. The number of halogens is 6. The van der Waals surface area contributed by atoms with Gasteiger partial charge in [-0.05, 0) is 18.2 Å². The minimum atomic E-state index is -4.82. The zero-order valence-electron chi connectivity index (χ0n) is 8.30. The number of ether oxygens (including phenoxy) is 1. The highest BCUT2D eigenvalue weighted by Crippen LogP contribution is 2.31. The van der Waals surface area contributed by atoms with E-state index in [9.17, 15) is 17.6 Å². The summed E-state index contributed by atoms with van der Waals surface area (Å²) < 4.78 is 52.6. The van der Waals surface area contributed by atoms with Gasteiger partial charge in [-0.1, -0.05) is 15.9 Å². The van der Waals surface area contributed by atoms with Crippen molar-refractivity contribution < 1.29 is 22.3 Å². The number of hydrogen-bond donors (Lipinski definition) is 1. The van der Waals surface area contributed by atoms with Crippen LogP contribution in [0.3, 0.4) is 0 Å². The summed E-state index contributed by atoms with van der Waals surface area (Å²) in [5.74, 6) is -0.485. The molecule has 0 saturated heterocycles. The lowest BCUT2D eigenvalue weighted by Gasteiger charge is -2.16. The molecule has 0 aliphatic heterocycles. The van der Waals surface area contributed by atoms with Gasteiger partial charge in [-0.2, -0.15) is 0 Å². The van der Waals surface area contributed by atoms with E-state index < -0.39 is 24.8 Å². The second kappa shape index (κ2) is 6.42. The Hall–Kier alpha value is -0.530.